The molecule has 1 heterocycles. The van der Waals surface area contributed by atoms with Crippen LogP contribution in [0.1, 0.15) is 37.3 Å². The third-order valence-corrected chi connectivity index (χ3v) is 3.83. The fourth-order valence-electron chi connectivity index (χ4n) is 2.86. The molecular weight excluding hydrogens is 198 g/mol. The van der Waals surface area contributed by atoms with Crippen LogP contribution in [0, 0.1) is 5.92 Å². The van der Waals surface area contributed by atoms with E-state index in [2.05, 4.69) is 23.5 Å². The Balaban J connectivity index is 1.60. The third kappa shape index (κ3) is 1.94. The number of hydrogen-bond acceptors (Lipinski definition) is 2. The smallest absolute Gasteiger partial charge is 0.124 e. The van der Waals surface area contributed by atoms with Crippen LogP contribution in [0.5, 0.6) is 5.75 Å². The summed E-state index contributed by atoms with van der Waals surface area (Å²) in [7, 11) is 0. The molecule has 16 heavy (non-hydrogen) atoms. The predicted molar refractivity (Wildman–Crippen MR) is 64.6 cm³/mol. The van der Waals surface area contributed by atoms with Crippen molar-refractivity contribution in [3.63, 3.8) is 0 Å². The molecule has 2 aliphatic rings. The molecule has 1 aromatic carbocycles. The van der Waals surface area contributed by atoms with Gasteiger partial charge in [-0.3, -0.25) is 0 Å². The largest absolute Gasteiger partial charge is 0.491 e. The van der Waals surface area contributed by atoms with Crippen LogP contribution in [0.3, 0.4) is 0 Å². The van der Waals surface area contributed by atoms with Gasteiger partial charge in [-0.1, -0.05) is 31.0 Å². The molecule has 3 rings (SSSR count). The summed E-state index contributed by atoms with van der Waals surface area (Å²) in [5, 5.41) is 3.65. The van der Waals surface area contributed by atoms with E-state index >= 15 is 0 Å². The van der Waals surface area contributed by atoms with Crippen molar-refractivity contribution in [2.75, 3.05) is 13.2 Å². The number of fused-ring (bicyclic) bond motifs is 1. The first-order chi connectivity index (χ1) is 7.93. The van der Waals surface area contributed by atoms with Gasteiger partial charge in [0.25, 0.3) is 0 Å². The molecule has 1 aliphatic heterocycles. The van der Waals surface area contributed by atoms with Crippen molar-refractivity contribution in [3.05, 3.63) is 29.8 Å². The van der Waals surface area contributed by atoms with Gasteiger partial charge in [0.1, 0.15) is 12.4 Å². The van der Waals surface area contributed by atoms with E-state index in [4.69, 9.17) is 4.74 Å². The van der Waals surface area contributed by atoms with E-state index in [-0.39, 0.29) is 0 Å². The first-order valence-electron chi connectivity index (χ1n) is 6.38. The van der Waals surface area contributed by atoms with Crippen molar-refractivity contribution in [2.45, 2.75) is 31.7 Å². The van der Waals surface area contributed by atoms with Crippen LogP contribution in [0.4, 0.5) is 0 Å². The lowest BCUT2D eigenvalue weighted by Gasteiger charge is -2.15. The lowest BCUT2D eigenvalue weighted by molar-refractivity contribution is 0.303. The highest BCUT2D eigenvalue weighted by atomic mass is 16.5. The zero-order valence-corrected chi connectivity index (χ0v) is 9.61. The second kappa shape index (κ2) is 4.46. The average Bonchev–Trinajstić information content (AvgIpc) is 2.96. The minimum absolute atomic E-state index is 0.414. The summed E-state index contributed by atoms with van der Waals surface area (Å²) >= 11 is 0. The van der Waals surface area contributed by atoms with E-state index in [0.717, 1.165) is 24.8 Å². The number of hydrogen-bond donors (Lipinski definition) is 1. The van der Waals surface area contributed by atoms with Crippen LogP contribution in [0.2, 0.25) is 0 Å². The lowest BCUT2D eigenvalue weighted by atomic mass is 10.1. The molecular formula is C14H19NO. The lowest BCUT2D eigenvalue weighted by Crippen LogP contribution is -2.27. The van der Waals surface area contributed by atoms with E-state index in [9.17, 15) is 0 Å². The van der Waals surface area contributed by atoms with Gasteiger partial charge in [-0.2, -0.15) is 0 Å². The van der Waals surface area contributed by atoms with Crippen molar-refractivity contribution in [3.8, 4) is 5.75 Å². The number of nitrogens with one attached hydrogen (secondary N) is 1. The highest BCUT2D eigenvalue weighted by Crippen LogP contribution is 2.32. The topological polar surface area (TPSA) is 21.3 Å². The van der Waals surface area contributed by atoms with E-state index in [0.29, 0.717) is 6.04 Å². The fourth-order valence-corrected chi connectivity index (χ4v) is 2.86. The molecule has 2 heteroatoms. The van der Waals surface area contributed by atoms with Gasteiger partial charge >= 0.3 is 0 Å². The van der Waals surface area contributed by atoms with Crippen LogP contribution in [-0.2, 0) is 0 Å². The van der Waals surface area contributed by atoms with Crippen LogP contribution >= 0.6 is 0 Å². The van der Waals surface area contributed by atoms with Gasteiger partial charge in [-0.25, -0.2) is 0 Å². The standard InChI is InChI=1S/C14H19NO/c1-2-6-11(5-1)9-15-13-10-16-14-8-4-3-7-12(13)14/h3-4,7-8,11,13,15H,1-2,5-6,9-10H2. The van der Waals surface area contributed by atoms with Gasteiger partial charge in [0.15, 0.2) is 0 Å². The molecule has 0 spiro atoms. The van der Waals surface area contributed by atoms with Crippen molar-refractivity contribution >= 4 is 0 Å². The van der Waals surface area contributed by atoms with E-state index in [1.165, 1.54) is 31.2 Å². The molecule has 1 aliphatic carbocycles. The fraction of sp³-hybridized carbons (Fsp3) is 0.571. The second-order valence-corrected chi connectivity index (χ2v) is 4.96. The maximum atomic E-state index is 5.66. The van der Waals surface area contributed by atoms with Crippen LogP contribution < -0.4 is 10.1 Å². The first kappa shape index (κ1) is 10.2. The summed E-state index contributed by atoms with van der Waals surface area (Å²) in [5.41, 5.74) is 1.33. The molecule has 0 amide bonds. The Morgan fingerprint density at radius 2 is 2.00 bits per heavy atom. The summed E-state index contributed by atoms with van der Waals surface area (Å²) in [6, 6.07) is 8.79. The van der Waals surface area contributed by atoms with E-state index in [1.807, 2.05) is 6.07 Å². The minimum atomic E-state index is 0.414. The maximum Gasteiger partial charge on any atom is 0.124 e. The molecule has 1 aromatic rings. The summed E-state index contributed by atoms with van der Waals surface area (Å²) in [4.78, 5) is 0. The Morgan fingerprint density at radius 3 is 2.88 bits per heavy atom. The summed E-state index contributed by atoms with van der Waals surface area (Å²) in [6.07, 6.45) is 5.65. The minimum Gasteiger partial charge on any atom is -0.491 e. The molecule has 86 valence electrons. The Kier molecular flexibility index (Phi) is 2.83. The Bertz CT molecular complexity index is 358. The molecule has 0 saturated heterocycles. The van der Waals surface area contributed by atoms with Crippen LogP contribution in [-0.4, -0.2) is 13.2 Å². The molecule has 0 radical (unpaired) electrons. The molecule has 0 bridgehead atoms. The molecule has 1 saturated carbocycles. The Labute approximate surface area is 97.0 Å². The van der Waals surface area contributed by atoms with Crippen LogP contribution in [0.15, 0.2) is 24.3 Å². The van der Waals surface area contributed by atoms with E-state index in [1.54, 1.807) is 0 Å². The van der Waals surface area contributed by atoms with Gasteiger partial charge in [0, 0.05) is 5.56 Å². The van der Waals surface area contributed by atoms with Gasteiger partial charge in [0.2, 0.25) is 0 Å². The van der Waals surface area contributed by atoms with Crippen LogP contribution in [0.25, 0.3) is 0 Å². The van der Waals surface area contributed by atoms with Crippen molar-refractivity contribution < 1.29 is 4.74 Å². The zero-order chi connectivity index (χ0) is 10.8. The maximum absolute atomic E-state index is 5.66. The van der Waals surface area contributed by atoms with Gasteiger partial charge in [-0.15, -0.1) is 0 Å². The zero-order valence-electron chi connectivity index (χ0n) is 9.61. The molecule has 1 unspecified atom stereocenters. The molecule has 1 fully saturated rings. The summed E-state index contributed by atoms with van der Waals surface area (Å²) in [6.45, 7) is 1.95. The van der Waals surface area contributed by atoms with E-state index < -0.39 is 0 Å². The van der Waals surface area contributed by atoms with Gasteiger partial charge in [0.05, 0.1) is 6.04 Å². The molecule has 2 nitrogen and oxygen atoms in total. The first-order valence-corrected chi connectivity index (χ1v) is 6.38. The number of ether oxygens (including phenoxy) is 1. The highest BCUT2D eigenvalue weighted by Gasteiger charge is 2.24. The summed E-state index contributed by atoms with van der Waals surface area (Å²) < 4.78 is 5.66. The Hall–Kier alpha value is -1.02. The second-order valence-electron chi connectivity index (χ2n) is 4.96. The third-order valence-electron chi connectivity index (χ3n) is 3.83. The van der Waals surface area contributed by atoms with Gasteiger partial charge < -0.3 is 10.1 Å². The number of para-hydroxylation sites is 1. The SMILES string of the molecule is c1ccc2c(c1)OCC2NCC1CCCC1. The average molecular weight is 217 g/mol. The molecule has 0 aromatic heterocycles. The highest BCUT2D eigenvalue weighted by molar-refractivity contribution is 5.39. The van der Waals surface area contributed by atoms with Gasteiger partial charge in [-0.05, 0) is 31.4 Å². The van der Waals surface area contributed by atoms with Crippen molar-refractivity contribution in [1.82, 2.24) is 5.32 Å². The quantitative estimate of drug-likeness (QED) is 0.840. The molecule has 1 N–H and O–H groups in total. The monoisotopic (exact) mass is 217 g/mol. The van der Waals surface area contributed by atoms with Crippen molar-refractivity contribution in [1.29, 1.82) is 0 Å². The predicted octanol–water partition coefficient (Wildman–Crippen LogP) is 2.90. The number of benzene rings is 1. The number of rotatable bonds is 3. The summed E-state index contributed by atoms with van der Waals surface area (Å²) in [5.74, 6) is 1.96. The normalized spacial score (nSPS) is 24.4. The Morgan fingerprint density at radius 1 is 1.19 bits per heavy atom. The molecule has 1 atom stereocenters. The van der Waals surface area contributed by atoms with Crippen molar-refractivity contribution in [2.24, 2.45) is 5.92 Å².